The molecule has 2 N–H and O–H groups in total. The fraction of sp³-hybridized carbons (Fsp3) is 0.417. The Balaban J connectivity index is 2.11. The minimum absolute atomic E-state index is 0.00949. The van der Waals surface area contributed by atoms with Crippen LogP contribution in [0.3, 0.4) is 0 Å². The molecule has 1 unspecified atom stereocenters. The number of thiocarbonyl (C=S) groups is 1. The van der Waals surface area contributed by atoms with Crippen LogP contribution in [0.25, 0.3) is 0 Å². The number of pyridine rings is 1. The van der Waals surface area contributed by atoms with E-state index in [2.05, 4.69) is 20.9 Å². The fourth-order valence-electron chi connectivity index (χ4n) is 2.11. The Morgan fingerprint density at radius 1 is 1.56 bits per heavy atom. The van der Waals surface area contributed by atoms with Crippen molar-refractivity contribution in [1.29, 1.82) is 0 Å². The number of hydrogen-bond donors (Lipinski definition) is 1. The molecule has 0 bridgehead atoms. The number of amides is 1. The second-order valence-corrected chi connectivity index (χ2v) is 5.77. The molecule has 4 nitrogen and oxygen atoms in total. The molecule has 0 radical (unpaired) electrons. The van der Waals surface area contributed by atoms with Gasteiger partial charge in [0.15, 0.2) is 0 Å². The van der Waals surface area contributed by atoms with E-state index in [-0.39, 0.29) is 11.8 Å². The number of nitrogens with zero attached hydrogens (tertiary/aromatic N) is 2. The molecule has 1 amide bonds. The van der Waals surface area contributed by atoms with Crippen LogP contribution in [0.1, 0.15) is 23.2 Å². The fourth-order valence-corrected chi connectivity index (χ4v) is 2.66. The second-order valence-electron chi connectivity index (χ2n) is 4.38. The SMILES string of the molecule is NC(=S)C1CCCN(C(=O)c2cncc(Br)c2)C1. The molecule has 2 heterocycles. The molecule has 0 aromatic carbocycles. The third-order valence-corrected chi connectivity index (χ3v) is 3.83. The standard InChI is InChI=1S/C12H14BrN3OS/c13-10-4-9(5-15-6-10)12(17)16-3-1-2-8(7-16)11(14)18/h4-6,8H,1-3,7H2,(H2,14,18). The quantitative estimate of drug-likeness (QED) is 0.844. The first-order valence-electron chi connectivity index (χ1n) is 5.77. The highest BCUT2D eigenvalue weighted by molar-refractivity contribution is 9.10. The lowest BCUT2D eigenvalue weighted by Crippen LogP contribution is -2.43. The Morgan fingerprint density at radius 2 is 2.33 bits per heavy atom. The molecule has 1 aromatic rings. The van der Waals surface area contributed by atoms with Crippen molar-refractivity contribution < 1.29 is 4.79 Å². The van der Waals surface area contributed by atoms with Gasteiger partial charge in [-0.05, 0) is 34.8 Å². The number of piperidine rings is 1. The molecule has 1 aromatic heterocycles. The molecule has 6 heteroatoms. The van der Waals surface area contributed by atoms with Gasteiger partial charge in [0.2, 0.25) is 0 Å². The second kappa shape index (κ2) is 5.75. The van der Waals surface area contributed by atoms with Gasteiger partial charge in [-0.25, -0.2) is 0 Å². The van der Waals surface area contributed by atoms with E-state index >= 15 is 0 Å². The summed E-state index contributed by atoms with van der Waals surface area (Å²) in [7, 11) is 0. The Labute approximate surface area is 120 Å². The number of likely N-dealkylation sites (tertiary alicyclic amines) is 1. The maximum Gasteiger partial charge on any atom is 0.255 e. The monoisotopic (exact) mass is 327 g/mol. The topological polar surface area (TPSA) is 59.2 Å². The number of halogens is 1. The van der Waals surface area contributed by atoms with Crippen molar-refractivity contribution in [3.05, 3.63) is 28.5 Å². The molecule has 1 atom stereocenters. The summed E-state index contributed by atoms with van der Waals surface area (Å²) in [5.41, 5.74) is 6.26. The summed E-state index contributed by atoms with van der Waals surface area (Å²) in [6.45, 7) is 1.37. The van der Waals surface area contributed by atoms with Crippen molar-refractivity contribution in [2.75, 3.05) is 13.1 Å². The van der Waals surface area contributed by atoms with Gasteiger partial charge in [0.25, 0.3) is 5.91 Å². The van der Waals surface area contributed by atoms with Crippen LogP contribution in [-0.2, 0) is 0 Å². The minimum Gasteiger partial charge on any atom is -0.393 e. The Hall–Kier alpha value is -1.01. The molecule has 2 rings (SSSR count). The van der Waals surface area contributed by atoms with Crippen LogP contribution < -0.4 is 5.73 Å². The van der Waals surface area contributed by atoms with Gasteiger partial charge in [0.05, 0.1) is 10.6 Å². The van der Waals surface area contributed by atoms with Gasteiger partial charge in [0.1, 0.15) is 0 Å². The van der Waals surface area contributed by atoms with E-state index in [1.54, 1.807) is 23.4 Å². The molecular weight excluding hydrogens is 314 g/mol. The maximum atomic E-state index is 12.3. The Bertz CT molecular complexity index is 480. The van der Waals surface area contributed by atoms with Crippen molar-refractivity contribution in [3.8, 4) is 0 Å². The molecule has 0 spiro atoms. The van der Waals surface area contributed by atoms with Crippen LogP contribution in [0.2, 0.25) is 0 Å². The maximum absolute atomic E-state index is 12.3. The lowest BCUT2D eigenvalue weighted by molar-refractivity contribution is 0.0703. The van der Waals surface area contributed by atoms with Gasteiger partial charge in [-0.2, -0.15) is 0 Å². The van der Waals surface area contributed by atoms with Crippen LogP contribution in [0.4, 0.5) is 0 Å². The summed E-state index contributed by atoms with van der Waals surface area (Å²) in [4.78, 5) is 18.6. The summed E-state index contributed by atoms with van der Waals surface area (Å²) in [6, 6.07) is 1.78. The molecule has 1 aliphatic heterocycles. The van der Waals surface area contributed by atoms with Crippen molar-refractivity contribution in [1.82, 2.24) is 9.88 Å². The molecule has 0 saturated carbocycles. The Kier molecular flexibility index (Phi) is 4.29. The predicted octanol–water partition coefficient (Wildman–Crippen LogP) is 1.98. The van der Waals surface area contributed by atoms with E-state index < -0.39 is 0 Å². The zero-order valence-electron chi connectivity index (χ0n) is 9.80. The minimum atomic E-state index is -0.00949. The van der Waals surface area contributed by atoms with Crippen LogP contribution in [0, 0.1) is 5.92 Å². The van der Waals surface area contributed by atoms with E-state index in [1.807, 2.05) is 0 Å². The van der Waals surface area contributed by atoms with Gasteiger partial charge in [0, 0.05) is 35.9 Å². The summed E-state index contributed by atoms with van der Waals surface area (Å²) >= 11 is 8.33. The first-order valence-corrected chi connectivity index (χ1v) is 6.97. The first-order chi connectivity index (χ1) is 8.58. The highest BCUT2D eigenvalue weighted by Crippen LogP contribution is 2.19. The van der Waals surface area contributed by atoms with Gasteiger partial charge in [-0.3, -0.25) is 9.78 Å². The van der Waals surface area contributed by atoms with Crippen molar-refractivity contribution >= 4 is 39.0 Å². The highest BCUT2D eigenvalue weighted by Gasteiger charge is 2.26. The third-order valence-electron chi connectivity index (χ3n) is 3.06. The summed E-state index contributed by atoms with van der Waals surface area (Å²) < 4.78 is 0.802. The van der Waals surface area contributed by atoms with E-state index in [4.69, 9.17) is 18.0 Å². The van der Waals surface area contributed by atoms with Crippen LogP contribution in [0.5, 0.6) is 0 Å². The van der Waals surface area contributed by atoms with Gasteiger partial charge >= 0.3 is 0 Å². The van der Waals surface area contributed by atoms with Crippen LogP contribution >= 0.6 is 28.1 Å². The van der Waals surface area contributed by atoms with Gasteiger partial charge in [-0.15, -0.1) is 0 Å². The third kappa shape index (κ3) is 3.05. The van der Waals surface area contributed by atoms with Gasteiger partial charge < -0.3 is 10.6 Å². The lowest BCUT2D eigenvalue weighted by atomic mass is 9.97. The number of hydrogen-bond acceptors (Lipinski definition) is 3. The molecule has 1 saturated heterocycles. The summed E-state index contributed by atoms with van der Waals surface area (Å²) in [5.74, 6) is 0.127. The van der Waals surface area contributed by atoms with Crippen molar-refractivity contribution in [2.24, 2.45) is 11.7 Å². The number of carbonyl (C=O) groups excluding carboxylic acids is 1. The molecule has 1 fully saturated rings. The number of carbonyl (C=O) groups is 1. The Morgan fingerprint density at radius 3 is 3.00 bits per heavy atom. The zero-order chi connectivity index (χ0) is 13.1. The normalized spacial score (nSPS) is 19.6. The average Bonchev–Trinajstić information content (AvgIpc) is 2.38. The van der Waals surface area contributed by atoms with Crippen molar-refractivity contribution in [2.45, 2.75) is 12.8 Å². The van der Waals surface area contributed by atoms with Crippen LogP contribution in [0.15, 0.2) is 22.9 Å². The largest absolute Gasteiger partial charge is 0.393 e. The number of aromatic nitrogens is 1. The van der Waals surface area contributed by atoms with Gasteiger partial charge in [-0.1, -0.05) is 12.2 Å². The number of nitrogens with two attached hydrogens (primary N) is 1. The molecule has 1 aliphatic rings. The first kappa shape index (κ1) is 13.4. The lowest BCUT2D eigenvalue weighted by Gasteiger charge is -2.32. The van der Waals surface area contributed by atoms with E-state index in [0.717, 1.165) is 23.9 Å². The van der Waals surface area contributed by atoms with E-state index in [9.17, 15) is 4.79 Å². The van der Waals surface area contributed by atoms with Crippen molar-refractivity contribution in [3.63, 3.8) is 0 Å². The predicted molar refractivity (Wildman–Crippen MR) is 77.3 cm³/mol. The highest BCUT2D eigenvalue weighted by atomic mass is 79.9. The summed E-state index contributed by atoms with van der Waals surface area (Å²) in [6.07, 6.45) is 5.15. The molecule has 0 aliphatic carbocycles. The average molecular weight is 328 g/mol. The molecule has 18 heavy (non-hydrogen) atoms. The zero-order valence-corrected chi connectivity index (χ0v) is 12.2. The molecule has 96 valence electrons. The number of rotatable bonds is 2. The van der Waals surface area contributed by atoms with Crippen LogP contribution in [-0.4, -0.2) is 33.9 Å². The smallest absolute Gasteiger partial charge is 0.255 e. The molecular formula is C12H14BrN3OS. The van der Waals surface area contributed by atoms with E-state index in [1.165, 1.54) is 0 Å². The summed E-state index contributed by atoms with van der Waals surface area (Å²) in [5, 5.41) is 0. The van der Waals surface area contributed by atoms with E-state index in [0.29, 0.717) is 17.1 Å².